The van der Waals surface area contributed by atoms with E-state index in [9.17, 15) is 8.42 Å². The summed E-state index contributed by atoms with van der Waals surface area (Å²) in [4.78, 5) is 0.366. The quantitative estimate of drug-likeness (QED) is 0.906. The fraction of sp³-hybridized carbons (Fsp3) is 0.692. The zero-order valence-electron chi connectivity index (χ0n) is 11.7. The smallest absolute Gasteiger partial charge is 0.244 e. The molecule has 6 heteroatoms. The van der Waals surface area contributed by atoms with Crippen LogP contribution in [-0.2, 0) is 23.6 Å². The second-order valence-corrected chi connectivity index (χ2v) is 7.18. The van der Waals surface area contributed by atoms with E-state index in [-0.39, 0.29) is 0 Å². The lowest BCUT2D eigenvalue weighted by Gasteiger charge is -2.30. The molecule has 0 radical (unpaired) electrons. The van der Waals surface area contributed by atoms with Crippen LogP contribution in [0.25, 0.3) is 0 Å². The molecule has 1 aromatic heterocycles. The lowest BCUT2D eigenvalue weighted by molar-refractivity contribution is 0.269. The lowest BCUT2D eigenvalue weighted by Crippen LogP contribution is -2.38. The van der Waals surface area contributed by atoms with Gasteiger partial charge in [0.25, 0.3) is 0 Å². The van der Waals surface area contributed by atoms with E-state index >= 15 is 0 Å². The first-order chi connectivity index (χ1) is 8.98. The van der Waals surface area contributed by atoms with Gasteiger partial charge in [-0.15, -0.1) is 0 Å². The summed E-state index contributed by atoms with van der Waals surface area (Å²) in [5.74, 6) is 0.668. The van der Waals surface area contributed by atoms with Crippen molar-refractivity contribution in [1.82, 2.24) is 8.87 Å². The van der Waals surface area contributed by atoms with Gasteiger partial charge in [0, 0.05) is 38.6 Å². The molecule has 1 saturated heterocycles. The number of aromatic nitrogens is 1. The Morgan fingerprint density at radius 1 is 1.37 bits per heavy atom. The van der Waals surface area contributed by atoms with Crippen LogP contribution in [0.4, 0.5) is 0 Å². The van der Waals surface area contributed by atoms with Gasteiger partial charge in [0.05, 0.1) is 0 Å². The molecule has 1 aliphatic rings. The number of rotatable bonds is 4. The van der Waals surface area contributed by atoms with Crippen molar-refractivity contribution in [2.75, 3.05) is 13.1 Å². The van der Waals surface area contributed by atoms with E-state index in [1.807, 2.05) is 7.05 Å². The number of piperidine rings is 1. The Bertz CT molecular complexity index is 528. The Labute approximate surface area is 115 Å². The number of aryl methyl sites for hydroxylation is 1. The maximum atomic E-state index is 12.5. The standard InChI is InChI=1S/C13H23N3O2S/c1-3-11-4-6-16(7-5-11)19(17,18)13-8-12(9-14)15(2)10-13/h8,10-11H,3-7,9,14H2,1-2H3. The fourth-order valence-corrected chi connectivity index (χ4v) is 4.19. The van der Waals surface area contributed by atoms with Gasteiger partial charge in [0.1, 0.15) is 4.90 Å². The average Bonchev–Trinajstić information content (AvgIpc) is 2.81. The highest BCUT2D eigenvalue weighted by Gasteiger charge is 2.29. The third-order valence-electron chi connectivity index (χ3n) is 4.08. The molecule has 2 N–H and O–H groups in total. The van der Waals surface area contributed by atoms with Gasteiger partial charge in [0.2, 0.25) is 10.0 Å². The minimum Gasteiger partial charge on any atom is -0.352 e. The average molecular weight is 285 g/mol. The molecule has 0 bridgehead atoms. The second-order valence-electron chi connectivity index (χ2n) is 5.24. The van der Waals surface area contributed by atoms with E-state index in [1.54, 1.807) is 21.1 Å². The van der Waals surface area contributed by atoms with Gasteiger partial charge in [-0.25, -0.2) is 8.42 Å². The summed E-state index contributed by atoms with van der Waals surface area (Å²) in [6.07, 6.45) is 4.72. The van der Waals surface area contributed by atoms with Gasteiger partial charge in [-0.2, -0.15) is 4.31 Å². The van der Waals surface area contributed by atoms with Crippen LogP contribution in [0.2, 0.25) is 0 Å². The van der Waals surface area contributed by atoms with Crippen LogP contribution in [0.3, 0.4) is 0 Å². The number of nitrogens with two attached hydrogens (primary N) is 1. The Balaban J connectivity index is 2.18. The summed E-state index contributed by atoms with van der Waals surface area (Å²) < 4.78 is 28.5. The predicted molar refractivity (Wildman–Crippen MR) is 75.1 cm³/mol. The van der Waals surface area contributed by atoms with Gasteiger partial charge in [-0.1, -0.05) is 13.3 Å². The van der Waals surface area contributed by atoms with Crippen molar-refractivity contribution >= 4 is 10.0 Å². The molecular weight excluding hydrogens is 262 g/mol. The molecule has 1 aliphatic heterocycles. The normalized spacial score (nSPS) is 18.9. The number of nitrogens with zero attached hydrogens (tertiary/aromatic N) is 2. The van der Waals surface area contributed by atoms with E-state index in [0.717, 1.165) is 25.0 Å². The monoisotopic (exact) mass is 285 g/mol. The van der Waals surface area contributed by atoms with E-state index in [0.29, 0.717) is 30.4 Å². The zero-order chi connectivity index (χ0) is 14.0. The van der Waals surface area contributed by atoms with Crippen LogP contribution in [-0.4, -0.2) is 30.4 Å². The molecule has 0 aliphatic carbocycles. The Kier molecular flexibility index (Phi) is 4.32. The largest absolute Gasteiger partial charge is 0.352 e. The Morgan fingerprint density at radius 2 is 2.00 bits per heavy atom. The van der Waals surface area contributed by atoms with Crippen molar-refractivity contribution in [2.24, 2.45) is 18.7 Å². The third kappa shape index (κ3) is 2.85. The molecule has 108 valence electrons. The van der Waals surface area contributed by atoms with Crippen LogP contribution in [0.5, 0.6) is 0 Å². The van der Waals surface area contributed by atoms with Gasteiger partial charge in [0.15, 0.2) is 0 Å². The maximum absolute atomic E-state index is 12.5. The highest BCUT2D eigenvalue weighted by Crippen LogP contribution is 2.26. The van der Waals surface area contributed by atoms with E-state index in [4.69, 9.17) is 5.73 Å². The van der Waals surface area contributed by atoms with Crippen LogP contribution < -0.4 is 5.73 Å². The van der Waals surface area contributed by atoms with Crippen LogP contribution in [0.1, 0.15) is 31.9 Å². The molecule has 0 aromatic carbocycles. The van der Waals surface area contributed by atoms with Crippen LogP contribution in [0, 0.1) is 5.92 Å². The van der Waals surface area contributed by atoms with Crippen molar-refractivity contribution in [3.8, 4) is 0 Å². The number of hydrogen-bond donors (Lipinski definition) is 1. The first kappa shape index (κ1) is 14.6. The molecular formula is C13H23N3O2S. The minimum atomic E-state index is -3.35. The maximum Gasteiger partial charge on any atom is 0.244 e. The molecule has 0 spiro atoms. The molecule has 2 rings (SSSR count). The molecule has 5 nitrogen and oxygen atoms in total. The topological polar surface area (TPSA) is 68.3 Å². The summed E-state index contributed by atoms with van der Waals surface area (Å²) in [5, 5.41) is 0. The van der Waals surface area contributed by atoms with E-state index < -0.39 is 10.0 Å². The van der Waals surface area contributed by atoms with Crippen LogP contribution >= 0.6 is 0 Å². The molecule has 19 heavy (non-hydrogen) atoms. The highest BCUT2D eigenvalue weighted by molar-refractivity contribution is 7.89. The summed E-state index contributed by atoms with van der Waals surface area (Å²) >= 11 is 0. The molecule has 1 fully saturated rings. The first-order valence-electron chi connectivity index (χ1n) is 6.84. The highest BCUT2D eigenvalue weighted by atomic mass is 32.2. The molecule has 0 amide bonds. The summed E-state index contributed by atoms with van der Waals surface area (Å²) in [7, 11) is -1.52. The van der Waals surface area contributed by atoms with Gasteiger partial charge in [-0.05, 0) is 24.8 Å². The SMILES string of the molecule is CCC1CCN(S(=O)(=O)c2cc(CN)n(C)c2)CC1. The molecule has 0 saturated carbocycles. The minimum absolute atomic E-state index is 0.351. The summed E-state index contributed by atoms with van der Waals surface area (Å²) in [6, 6.07) is 1.68. The summed E-state index contributed by atoms with van der Waals surface area (Å²) in [5.41, 5.74) is 6.43. The third-order valence-corrected chi connectivity index (χ3v) is 5.94. The molecule has 1 aromatic rings. The fourth-order valence-electron chi connectivity index (χ4n) is 2.63. The molecule has 0 unspecified atom stereocenters. The lowest BCUT2D eigenvalue weighted by atomic mass is 9.96. The van der Waals surface area contributed by atoms with Crippen molar-refractivity contribution in [3.05, 3.63) is 18.0 Å². The van der Waals surface area contributed by atoms with Gasteiger partial charge < -0.3 is 10.3 Å². The van der Waals surface area contributed by atoms with E-state index in [1.165, 1.54) is 0 Å². The van der Waals surface area contributed by atoms with Crippen molar-refractivity contribution in [3.63, 3.8) is 0 Å². The van der Waals surface area contributed by atoms with Gasteiger partial charge >= 0.3 is 0 Å². The Morgan fingerprint density at radius 3 is 2.47 bits per heavy atom. The Hall–Kier alpha value is -0.850. The first-order valence-corrected chi connectivity index (χ1v) is 8.28. The zero-order valence-corrected chi connectivity index (χ0v) is 12.5. The van der Waals surface area contributed by atoms with Gasteiger partial charge in [-0.3, -0.25) is 0 Å². The van der Waals surface area contributed by atoms with Crippen LogP contribution in [0.15, 0.2) is 17.2 Å². The second kappa shape index (κ2) is 5.64. The predicted octanol–water partition coefficient (Wildman–Crippen LogP) is 1.29. The van der Waals surface area contributed by atoms with Crippen molar-refractivity contribution < 1.29 is 8.42 Å². The molecule has 2 heterocycles. The van der Waals surface area contributed by atoms with Crippen molar-refractivity contribution in [2.45, 2.75) is 37.6 Å². The summed E-state index contributed by atoms with van der Waals surface area (Å²) in [6.45, 7) is 3.78. The number of hydrogen-bond acceptors (Lipinski definition) is 3. The molecule has 0 atom stereocenters. The van der Waals surface area contributed by atoms with Crippen molar-refractivity contribution in [1.29, 1.82) is 0 Å². The van der Waals surface area contributed by atoms with E-state index in [2.05, 4.69) is 6.92 Å². The number of sulfonamides is 1.